The van der Waals surface area contributed by atoms with E-state index in [9.17, 15) is 4.79 Å². The molecule has 0 atom stereocenters. The number of ketones is 1. The molecule has 0 unspecified atom stereocenters. The van der Waals surface area contributed by atoms with E-state index in [0.717, 1.165) is 13.1 Å². The molecule has 0 heterocycles. The van der Waals surface area contributed by atoms with E-state index in [-0.39, 0.29) is 5.41 Å². The van der Waals surface area contributed by atoms with Crippen LogP contribution < -0.4 is 5.32 Å². The lowest BCUT2D eigenvalue weighted by molar-refractivity contribution is -0.126. The molecular formula is C9H19NO. The van der Waals surface area contributed by atoms with Gasteiger partial charge in [0.2, 0.25) is 0 Å². The van der Waals surface area contributed by atoms with E-state index in [1.807, 2.05) is 27.7 Å². The Balaban J connectivity index is 3.88. The van der Waals surface area contributed by atoms with Gasteiger partial charge in [0.05, 0.1) is 0 Å². The summed E-state index contributed by atoms with van der Waals surface area (Å²) >= 11 is 0. The Kier molecular flexibility index (Phi) is 4.34. The molecule has 0 aromatic heterocycles. The molecule has 0 saturated carbocycles. The highest BCUT2D eigenvalue weighted by atomic mass is 16.1. The zero-order valence-electron chi connectivity index (χ0n) is 8.03. The highest BCUT2D eigenvalue weighted by molar-refractivity contribution is 5.83. The van der Waals surface area contributed by atoms with Crippen LogP contribution in [0.4, 0.5) is 0 Å². The van der Waals surface area contributed by atoms with Crippen LogP contribution in [0.2, 0.25) is 0 Å². The van der Waals surface area contributed by atoms with Crippen LogP contribution in [-0.2, 0) is 4.79 Å². The summed E-state index contributed by atoms with van der Waals surface area (Å²) in [4.78, 5) is 11.3. The fraction of sp³-hybridized carbons (Fsp3) is 0.889. The third kappa shape index (κ3) is 3.51. The zero-order valence-corrected chi connectivity index (χ0v) is 8.03. The first-order valence-electron chi connectivity index (χ1n) is 4.28. The number of carbonyl (C=O) groups is 1. The van der Waals surface area contributed by atoms with Gasteiger partial charge in [-0.3, -0.25) is 4.79 Å². The number of hydrogen-bond donors (Lipinski definition) is 1. The minimum Gasteiger partial charge on any atom is -0.316 e. The molecule has 0 radical (unpaired) electrons. The molecule has 0 rings (SSSR count). The standard InChI is InChI=1S/C9H19NO/c1-5-8(11)9(3,4)7-10-6-2/h10H,5-7H2,1-4H3. The number of nitrogens with one attached hydrogen (secondary N) is 1. The lowest BCUT2D eigenvalue weighted by atomic mass is 9.87. The van der Waals surface area contributed by atoms with E-state index in [4.69, 9.17) is 0 Å². The summed E-state index contributed by atoms with van der Waals surface area (Å²) < 4.78 is 0. The van der Waals surface area contributed by atoms with Crippen LogP contribution in [0.15, 0.2) is 0 Å². The monoisotopic (exact) mass is 157 g/mol. The molecule has 0 aliphatic heterocycles. The van der Waals surface area contributed by atoms with Crippen molar-refractivity contribution in [2.45, 2.75) is 34.1 Å². The van der Waals surface area contributed by atoms with Gasteiger partial charge in [0.25, 0.3) is 0 Å². The highest BCUT2D eigenvalue weighted by Gasteiger charge is 2.24. The number of Topliss-reactive ketones (excluding diaryl/α,β-unsaturated/α-hetero) is 1. The molecule has 0 aliphatic carbocycles. The molecule has 11 heavy (non-hydrogen) atoms. The molecule has 0 aromatic carbocycles. The largest absolute Gasteiger partial charge is 0.316 e. The second-order valence-electron chi connectivity index (χ2n) is 3.44. The zero-order chi connectivity index (χ0) is 8.91. The predicted octanol–water partition coefficient (Wildman–Crippen LogP) is 1.60. The summed E-state index contributed by atoms with van der Waals surface area (Å²) in [6.45, 7) is 9.65. The van der Waals surface area contributed by atoms with Crippen molar-refractivity contribution in [1.82, 2.24) is 5.32 Å². The Morgan fingerprint density at radius 3 is 2.27 bits per heavy atom. The van der Waals surface area contributed by atoms with Gasteiger partial charge in [0.1, 0.15) is 5.78 Å². The van der Waals surface area contributed by atoms with Crippen molar-refractivity contribution in [3.63, 3.8) is 0 Å². The normalized spacial score (nSPS) is 11.6. The Bertz CT molecular complexity index is 130. The van der Waals surface area contributed by atoms with Crippen molar-refractivity contribution in [3.05, 3.63) is 0 Å². The predicted molar refractivity (Wildman–Crippen MR) is 47.6 cm³/mol. The van der Waals surface area contributed by atoms with Crippen molar-refractivity contribution < 1.29 is 4.79 Å². The fourth-order valence-electron chi connectivity index (χ4n) is 1.01. The molecule has 0 aromatic rings. The molecule has 66 valence electrons. The Labute approximate surface area is 69.4 Å². The van der Waals surface area contributed by atoms with Crippen LogP contribution in [-0.4, -0.2) is 18.9 Å². The average Bonchev–Trinajstić information content (AvgIpc) is 1.99. The van der Waals surface area contributed by atoms with Crippen LogP contribution in [0.5, 0.6) is 0 Å². The summed E-state index contributed by atoms with van der Waals surface area (Å²) in [5.74, 6) is 0.332. The molecule has 0 aliphatic rings. The summed E-state index contributed by atoms with van der Waals surface area (Å²) in [7, 11) is 0. The van der Waals surface area contributed by atoms with E-state index in [2.05, 4.69) is 5.32 Å². The van der Waals surface area contributed by atoms with Crippen LogP contribution >= 0.6 is 0 Å². The second kappa shape index (κ2) is 4.50. The highest BCUT2D eigenvalue weighted by Crippen LogP contribution is 2.16. The fourth-order valence-corrected chi connectivity index (χ4v) is 1.01. The molecule has 0 saturated heterocycles. The maximum absolute atomic E-state index is 11.3. The van der Waals surface area contributed by atoms with Gasteiger partial charge in [0, 0.05) is 18.4 Å². The summed E-state index contributed by atoms with van der Waals surface area (Å²) in [6, 6.07) is 0. The third-order valence-corrected chi connectivity index (χ3v) is 1.89. The summed E-state index contributed by atoms with van der Waals surface area (Å²) in [5.41, 5.74) is -0.190. The number of hydrogen-bond acceptors (Lipinski definition) is 2. The smallest absolute Gasteiger partial charge is 0.139 e. The van der Waals surface area contributed by atoms with Crippen molar-refractivity contribution in [2.75, 3.05) is 13.1 Å². The number of carbonyl (C=O) groups excluding carboxylic acids is 1. The SMILES string of the molecule is CCNCC(C)(C)C(=O)CC. The van der Waals surface area contributed by atoms with Crippen LogP contribution in [0, 0.1) is 5.41 Å². The molecule has 0 bridgehead atoms. The molecule has 0 amide bonds. The first-order valence-corrected chi connectivity index (χ1v) is 4.28. The maximum Gasteiger partial charge on any atom is 0.139 e. The topological polar surface area (TPSA) is 29.1 Å². The molecule has 1 N–H and O–H groups in total. The minimum atomic E-state index is -0.190. The first-order chi connectivity index (χ1) is 5.04. The van der Waals surface area contributed by atoms with Gasteiger partial charge in [-0.15, -0.1) is 0 Å². The maximum atomic E-state index is 11.3. The molecule has 2 nitrogen and oxygen atoms in total. The third-order valence-electron chi connectivity index (χ3n) is 1.89. The minimum absolute atomic E-state index is 0.190. The molecule has 0 spiro atoms. The molecule has 2 heteroatoms. The van der Waals surface area contributed by atoms with Gasteiger partial charge in [-0.1, -0.05) is 27.7 Å². The quantitative estimate of drug-likeness (QED) is 0.656. The van der Waals surface area contributed by atoms with Gasteiger partial charge in [-0.2, -0.15) is 0 Å². The van der Waals surface area contributed by atoms with E-state index < -0.39 is 0 Å². The van der Waals surface area contributed by atoms with Crippen molar-refractivity contribution >= 4 is 5.78 Å². The van der Waals surface area contributed by atoms with Gasteiger partial charge in [-0.05, 0) is 6.54 Å². The Morgan fingerprint density at radius 1 is 1.36 bits per heavy atom. The Morgan fingerprint density at radius 2 is 1.91 bits per heavy atom. The summed E-state index contributed by atoms with van der Waals surface area (Å²) in [5, 5.41) is 3.18. The Hall–Kier alpha value is -0.370. The molecular weight excluding hydrogens is 138 g/mol. The van der Waals surface area contributed by atoms with E-state index in [1.54, 1.807) is 0 Å². The van der Waals surface area contributed by atoms with Crippen LogP contribution in [0.1, 0.15) is 34.1 Å². The van der Waals surface area contributed by atoms with Gasteiger partial charge >= 0.3 is 0 Å². The van der Waals surface area contributed by atoms with E-state index in [0.29, 0.717) is 12.2 Å². The van der Waals surface area contributed by atoms with Crippen LogP contribution in [0.3, 0.4) is 0 Å². The van der Waals surface area contributed by atoms with Crippen molar-refractivity contribution in [2.24, 2.45) is 5.41 Å². The van der Waals surface area contributed by atoms with Crippen molar-refractivity contribution in [1.29, 1.82) is 0 Å². The van der Waals surface area contributed by atoms with Gasteiger partial charge < -0.3 is 5.32 Å². The van der Waals surface area contributed by atoms with E-state index >= 15 is 0 Å². The lowest BCUT2D eigenvalue weighted by Crippen LogP contribution is -2.35. The second-order valence-corrected chi connectivity index (χ2v) is 3.44. The van der Waals surface area contributed by atoms with Gasteiger partial charge in [-0.25, -0.2) is 0 Å². The molecule has 0 fully saturated rings. The van der Waals surface area contributed by atoms with Crippen molar-refractivity contribution in [3.8, 4) is 0 Å². The first kappa shape index (κ1) is 10.6. The van der Waals surface area contributed by atoms with Crippen LogP contribution in [0.25, 0.3) is 0 Å². The lowest BCUT2D eigenvalue weighted by Gasteiger charge is -2.22. The summed E-state index contributed by atoms with van der Waals surface area (Å²) in [6.07, 6.45) is 0.637. The number of rotatable bonds is 5. The van der Waals surface area contributed by atoms with Gasteiger partial charge in [0.15, 0.2) is 0 Å². The average molecular weight is 157 g/mol. The van der Waals surface area contributed by atoms with E-state index in [1.165, 1.54) is 0 Å².